The molecular formula is C14H11Cl3O. The van der Waals surface area contributed by atoms with Crippen LogP contribution >= 0.6 is 34.8 Å². The lowest BCUT2D eigenvalue weighted by molar-refractivity contribution is 0.410. The topological polar surface area (TPSA) is 9.23 Å². The van der Waals surface area contributed by atoms with E-state index in [4.69, 9.17) is 39.5 Å². The summed E-state index contributed by atoms with van der Waals surface area (Å²) >= 11 is 18.3. The number of halogens is 3. The van der Waals surface area contributed by atoms with Crippen LogP contribution in [-0.2, 0) is 0 Å². The van der Waals surface area contributed by atoms with E-state index in [-0.39, 0.29) is 5.38 Å². The lowest BCUT2D eigenvalue weighted by Gasteiger charge is -2.14. The van der Waals surface area contributed by atoms with Gasteiger partial charge in [0.1, 0.15) is 5.75 Å². The highest BCUT2D eigenvalue weighted by Gasteiger charge is 2.16. The highest BCUT2D eigenvalue weighted by atomic mass is 35.5. The molecule has 0 bridgehead atoms. The van der Waals surface area contributed by atoms with E-state index in [2.05, 4.69) is 0 Å². The monoisotopic (exact) mass is 300 g/mol. The van der Waals surface area contributed by atoms with E-state index < -0.39 is 0 Å². The molecule has 1 atom stereocenters. The van der Waals surface area contributed by atoms with Crippen LogP contribution in [0.15, 0.2) is 42.5 Å². The Kier molecular flexibility index (Phi) is 4.39. The van der Waals surface area contributed by atoms with Gasteiger partial charge in [0, 0.05) is 15.6 Å². The van der Waals surface area contributed by atoms with Gasteiger partial charge in [0.15, 0.2) is 0 Å². The molecule has 0 amide bonds. The van der Waals surface area contributed by atoms with Crippen LogP contribution < -0.4 is 4.74 Å². The van der Waals surface area contributed by atoms with E-state index in [1.54, 1.807) is 13.2 Å². The van der Waals surface area contributed by atoms with Crippen LogP contribution in [0.25, 0.3) is 0 Å². The minimum absolute atomic E-state index is 0.323. The van der Waals surface area contributed by atoms with Gasteiger partial charge in [-0.2, -0.15) is 0 Å². The normalized spacial score (nSPS) is 12.2. The maximum absolute atomic E-state index is 6.46. The Morgan fingerprint density at radius 3 is 2.17 bits per heavy atom. The molecule has 0 saturated heterocycles. The SMILES string of the molecule is COc1ccc(Cl)cc1C(Cl)c1ccc(Cl)cc1. The van der Waals surface area contributed by atoms with Gasteiger partial charge in [-0.25, -0.2) is 0 Å². The van der Waals surface area contributed by atoms with Crippen LogP contribution in [-0.4, -0.2) is 7.11 Å². The summed E-state index contributed by atoms with van der Waals surface area (Å²) in [5, 5.41) is 0.988. The molecule has 0 heterocycles. The molecule has 0 spiro atoms. The van der Waals surface area contributed by atoms with E-state index in [1.807, 2.05) is 36.4 Å². The number of alkyl halides is 1. The maximum Gasteiger partial charge on any atom is 0.123 e. The van der Waals surface area contributed by atoms with Gasteiger partial charge in [0.05, 0.1) is 12.5 Å². The van der Waals surface area contributed by atoms with E-state index >= 15 is 0 Å². The standard InChI is InChI=1S/C14H11Cl3O/c1-18-13-7-6-11(16)8-12(13)14(17)9-2-4-10(15)5-3-9/h2-8,14H,1H3. The van der Waals surface area contributed by atoms with Crippen LogP contribution in [0.3, 0.4) is 0 Å². The summed E-state index contributed by atoms with van der Waals surface area (Å²) in [6, 6.07) is 12.8. The van der Waals surface area contributed by atoms with Gasteiger partial charge in [-0.3, -0.25) is 0 Å². The molecule has 2 rings (SSSR count). The third kappa shape index (κ3) is 2.92. The first kappa shape index (κ1) is 13.5. The number of hydrogen-bond donors (Lipinski definition) is 0. The lowest BCUT2D eigenvalue weighted by Crippen LogP contribution is -1.97. The van der Waals surface area contributed by atoms with Gasteiger partial charge < -0.3 is 4.74 Å². The summed E-state index contributed by atoms with van der Waals surface area (Å²) in [4.78, 5) is 0. The smallest absolute Gasteiger partial charge is 0.123 e. The van der Waals surface area contributed by atoms with Crippen molar-refractivity contribution in [2.75, 3.05) is 7.11 Å². The summed E-state index contributed by atoms with van der Waals surface area (Å²) < 4.78 is 5.30. The summed E-state index contributed by atoms with van der Waals surface area (Å²) in [6.07, 6.45) is 0. The van der Waals surface area contributed by atoms with Crippen molar-refractivity contribution >= 4 is 34.8 Å². The molecule has 0 aliphatic rings. The summed E-state index contributed by atoms with van der Waals surface area (Å²) in [5.74, 6) is 0.717. The zero-order valence-corrected chi connectivity index (χ0v) is 11.9. The second-order valence-electron chi connectivity index (χ2n) is 3.80. The van der Waals surface area contributed by atoms with Crippen molar-refractivity contribution in [3.05, 3.63) is 63.6 Å². The molecule has 18 heavy (non-hydrogen) atoms. The molecule has 4 heteroatoms. The maximum atomic E-state index is 6.46. The molecule has 1 nitrogen and oxygen atoms in total. The van der Waals surface area contributed by atoms with Crippen LogP contribution in [0.4, 0.5) is 0 Å². The molecule has 0 N–H and O–H groups in total. The molecule has 2 aromatic carbocycles. The molecular weight excluding hydrogens is 291 g/mol. The third-order valence-electron chi connectivity index (χ3n) is 2.63. The van der Waals surface area contributed by atoms with Crippen molar-refractivity contribution in [3.63, 3.8) is 0 Å². The minimum Gasteiger partial charge on any atom is -0.496 e. The Morgan fingerprint density at radius 1 is 0.944 bits per heavy atom. The number of ether oxygens (including phenoxy) is 1. The predicted molar refractivity (Wildman–Crippen MR) is 77.2 cm³/mol. The molecule has 94 valence electrons. The van der Waals surface area contributed by atoms with Crippen LogP contribution in [0, 0.1) is 0 Å². The van der Waals surface area contributed by atoms with Crippen molar-refractivity contribution < 1.29 is 4.74 Å². The van der Waals surface area contributed by atoms with Gasteiger partial charge in [0.25, 0.3) is 0 Å². The van der Waals surface area contributed by atoms with Gasteiger partial charge in [0.2, 0.25) is 0 Å². The molecule has 0 aliphatic carbocycles. The quantitative estimate of drug-likeness (QED) is 0.696. The minimum atomic E-state index is -0.323. The van der Waals surface area contributed by atoms with Crippen molar-refractivity contribution in [2.24, 2.45) is 0 Å². The highest BCUT2D eigenvalue weighted by Crippen LogP contribution is 2.36. The van der Waals surface area contributed by atoms with Crippen molar-refractivity contribution in [1.82, 2.24) is 0 Å². The average molecular weight is 302 g/mol. The Balaban J connectivity index is 2.41. The zero-order chi connectivity index (χ0) is 13.1. The molecule has 0 saturated carbocycles. The summed E-state index contributed by atoms with van der Waals surface area (Å²) in [6.45, 7) is 0. The summed E-state index contributed by atoms with van der Waals surface area (Å²) in [7, 11) is 1.61. The highest BCUT2D eigenvalue weighted by molar-refractivity contribution is 6.31. The second-order valence-corrected chi connectivity index (χ2v) is 5.11. The largest absolute Gasteiger partial charge is 0.496 e. The molecule has 0 radical (unpaired) electrons. The fraction of sp³-hybridized carbons (Fsp3) is 0.143. The number of methoxy groups -OCH3 is 1. The van der Waals surface area contributed by atoms with Gasteiger partial charge >= 0.3 is 0 Å². The Bertz CT molecular complexity index is 537. The second kappa shape index (κ2) is 5.83. The van der Waals surface area contributed by atoms with E-state index in [0.717, 1.165) is 11.1 Å². The van der Waals surface area contributed by atoms with Crippen LogP contribution in [0.2, 0.25) is 10.0 Å². The predicted octanol–water partition coefficient (Wildman–Crippen LogP) is 5.33. The first-order valence-corrected chi connectivity index (χ1v) is 6.54. The summed E-state index contributed by atoms with van der Waals surface area (Å²) in [5.41, 5.74) is 1.79. The fourth-order valence-electron chi connectivity index (χ4n) is 1.71. The Hall–Kier alpha value is -0.890. The van der Waals surface area contributed by atoms with Gasteiger partial charge in [-0.15, -0.1) is 11.6 Å². The Labute approximate surface area is 121 Å². The number of rotatable bonds is 3. The van der Waals surface area contributed by atoms with Gasteiger partial charge in [-0.1, -0.05) is 35.3 Å². The fourth-order valence-corrected chi connectivity index (χ4v) is 2.34. The first-order valence-electron chi connectivity index (χ1n) is 5.35. The number of hydrogen-bond acceptors (Lipinski definition) is 1. The van der Waals surface area contributed by atoms with E-state index in [0.29, 0.717) is 15.8 Å². The molecule has 1 unspecified atom stereocenters. The van der Waals surface area contributed by atoms with Crippen molar-refractivity contribution in [2.45, 2.75) is 5.38 Å². The van der Waals surface area contributed by atoms with Crippen LogP contribution in [0.1, 0.15) is 16.5 Å². The Morgan fingerprint density at radius 2 is 1.56 bits per heavy atom. The molecule has 2 aromatic rings. The molecule has 0 aromatic heterocycles. The van der Waals surface area contributed by atoms with Crippen molar-refractivity contribution in [1.29, 1.82) is 0 Å². The third-order valence-corrected chi connectivity index (χ3v) is 3.60. The zero-order valence-electron chi connectivity index (χ0n) is 9.66. The molecule has 0 fully saturated rings. The lowest BCUT2D eigenvalue weighted by atomic mass is 10.0. The number of benzene rings is 2. The van der Waals surface area contributed by atoms with Gasteiger partial charge in [-0.05, 0) is 35.9 Å². The molecule has 0 aliphatic heterocycles. The first-order chi connectivity index (χ1) is 8.61. The van der Waals surface area contributed by atoms with Crippen molar-refractivity contribution in [3.8, 4) is 5.75 Å². The van der Waals surface area contributed by atoms with E-state index in [1.165, 1.54) is 0 Å². The van der Waals surface area contributed by atoms with Crippen LogP contribution in [0.5, 0.6) is 5.75 Å². The average Bonchev–Trinajstić information content (AvgIpc) is 2.39. The van der Waals surface area contributed by atoms with E-state index in [9.17, 15) is 0 Å².